The SMILES string of the molecule is CC1([C@H](NC(=O)[C@@H]2CC[C@@H](NC(=O)C3COC3)C2)c2c(F)ccc(Cl)c2Cl)CCCC1. The molecule has 2 amide bonds. The van der Waals surface area contributed by atoms with E-state index in [0.717, 1.165) is 32.1 Å². The van der Waals surface area contributed by atoms with Gasteiger partial charge >= 0.3 is 0 Å². The molecule has 1 aromatic rings. The van der Waals surface area contributed by atoms with Crippen molar-refractivity contribution in [1.29, 1.82) is 0 Å². The summed E-state index contributed by atoms with van der Waals surface area (Å²) in [5, 5.41) is 6.62. The smallest absolute Gasteiger partial charge is 0.228 e. The first-order valence-corrected chi connectivity index (χ1v) is 11.9. The Balaban J connectivity index is 1.48. The lowest BCUT2D eigenvalue weighted by Crippen LogP contribution is -2.46. The summed E-state index contributed by atoms with van der Waals surface area (Å²) < 4.78 is 20.0. The number of benzene rings is 1. The minimum Gasteiger partial charge on any atom is -0.380 e. The number of hydrogen-bond acceptors (Lipinski definition) is 3. The number of nitrogens with one attached hydrogen (secondary N) is 2. The van der Waals surface area contributed by atoms with Crippen molar-refractivity contribution in [2.45, 2.75) is 64.0 Å². The van der Waals surface area contributed by atoms with E-state index in [1.807, 2.05) is 0 Å². The van der Waals surface area contributed by atoms with Gasteiger partial charge in [0.25, 0.3) is 0 Å². The van der Waals surface area contributed by atoms with Gasteiger partial charge in [-0.15, -0.1) is 0 Å². The molecule has 3 aliphatic rings. The maximum Gasteiger partial charge on any atom is 0.228 e. The van der Waals surface area contributed by atoms with Crippen LogP contribution >= 0.6 is 23.2 Å². The third-order valence-electron chi connectivity index (χ3n) is 7.26. The van der Waals surface area contributed by atoms with E-state index in [1.54, 1.807) is 0 Å². The highest BCUT2D eigenvalue weighted by Gasteiger charge is 2.43. The Kier molecular flexibility index (Phi) is 6.80. The summed E-state index contributed by atoms with van der Waals surface area (Å²) in [6, 6.07) is 2.19. The molecule has 5 nitrogen and oxygen atoms in total. The molecule has 2 N–H and O–H groups in total. The number of ether oxygens (including phenoxy) is 1. The highest BCUT2D eigenvalue weighted by Crippen LogP contribution is 2.50. The number of amides is 2. The Bertz CT molecular complexity index is 855. The van der Waals surface area contributed by atoms with E-state index < -0.39 is 11.9 Å². The molecule has 2 saturated carbocycles. The molecule has 170 valence electrons. The van der Waals surface area contributed by atoms with Gasteiger partial charge in [0.15, 0.2) is 0 Å². The second-order valence-electron chi connectivity index (χ2n) is 9.51. The molecular weight excluding hydrogens is 442 g/mol. The van der Waals surface area contributed by atoms with Gasteiger partial charge in [0.1, 0.15) is 5.82 Å². The van der Waals surface area contributed by atoms with E-state index in [-0.39, 0.29) is 50.7 Å². The Morgan fingerprint density at radius 2 is 1.84 bits per heavy atom. The fourth-order valence-corrected chi connectivity index (χ4v) is 5.62. The van der Waals surface area contributed by atoms with E-state index in [4.69, 9.17) is 27.9 Å². The van der Waals surface area contributed by atoms with E-state index in [2.05, 4.69) is 17.6 Å². The fourth-order valence-electron chi connectivity index (χ4n) is 5.19. The van der Waals surface area contributed by atoms with Crippen LogP contribution in [-0.2, 0) is 14.3 Å². The molecule has 3 fully saturated rings. The van der Waals surface area contributed by atoms with Crippen molar-refractivity contribution in [2.75, 3.05) is 13.2 Å². The fraction of sp³-hybridized carbons (Fsp3) is 0.652. The molecule has 1 heterocycles. The Morgan fingerprint density at radius 3 is 2.48 bits per heavy atom. The highest BCUT2D eigenvalue weighted by molar-refractivity contribution is 6.42. The molecule has 3 atom stereocenters. The van der Waals surface area contributed by atoms with Crippen LogP contribution in [0.15, 0.2) is 12.1 Å². The van der Waals surface area contributed by atoms with Crippen molar-refractivity contribution >= 4 is 35.0 Å². The van der Waals surface area contributed by atoms with Crippen LogP contribution in [0, 0.1) is 23.1 Å². The lowest BCUT2D eigenvalue weighted by Gasteiger charge is -2.36. The van der Waals surface area contributed by atoms with E-state index in [1.165, 1.54) is 12.1 Å². The topological polar surface area (TPSA) is 67.4 Å². The molecule has 0 bridgehead atoms. The van der Waals surface area contributed by atoms with Gasteiger partial charge in [-0.2, -0.15) is 0 Å². The predicted molar refractivity (Wildman–Crippen MR) is 117 cm³/mol. The number of hydrogen-bond donors (Lipinski definition) is 2. The summed E-state index contributed by atoms with van der Waals surface area (Å²) in [5.74, 6) is -0.866. The molecule has 1 aromatic carbocycles. The summed E-state index contributed by atoms with van der Waals surface area (Å²) in [4.78, 5) is 25.4. The van der Waals surface area contributed by atoms with Gasteiger partial charge in [-0.1, -0.05) is 43.0 Å². The number of rotatable bonds is 6. The van der Waals surface area contributed by atoms with Crippen LogP contribution in [0.1, 0.15) is 63.5 Å². The van der Waals surface area contributed by atoms with Crippen molar-refractivity contribution in [1.82, 2.24) is 10.6 Å². The second-order valence-corrected chi connectivity index (χ2v) is 10.3. The minimum atomic E-state index is -0.547. The molecule has 0 radical (unpaired) electrons. The molecule has 1 aliphatic heterocycles. The summed E-state index contributed by atoms with van der Waals surface area (Å²) in [5.41, 5.74) is -0.0129. The molecule has 0 aromatic heterocycles. The van der Waals surface area contributed by atoms with Crippen LogP contribution in [0.25, 0.3) is 0 Å². The van der Waals surface area contributed by atoms with Crippen LogP contribution in [0.3, 0.4) is 0 Å². The van der Waals surface area contributed by atoms with Crippen molar-refractivity contribution < 1.29 is 18.7 Å². The van der Waals surface area contributed by atoms with Crippen LogP contribution in [0.2, 0.25) is 10.0 Å². The average molecular weight is 471 g/mol. The largest absolute Gasteiger partial charge is 0.380 e. The van der Waals surface area contributed by atoms with Crippen molar-refractivity contribution in [3.8, 4) is 0 Å². The van der Waals surface area contributed by atoms with Gasteiger partial charge in [-0.3, -0.25) is 9.59 Å². The van der Waals surface area contributed by atoms with Crippen LogP contribution in [0.5, 0.6) is 0 Å². The standard InChI is InChI=1S/C23H29Cl2FN2O3/c1-23(8-2-3-9-23)20(18-17(26)7-6-16(24)19(18)25)28-21(29)13-4-5-15(10-13)27-22(30)14-11-31-12-14/h6-7,13-15,20H,2-5,8-12H2,1H3,(H,27,30)(H,28,29)/t13-,15-,20-/m1/s1. The molecule has 0 unspecified atom stereocenters. The summed E-state index contributed by atoms with van der Waals surface area (Å²) in [7, 11) is 0. The molecule has 0 spiro atoms. The Morgan fingerprint density at radius 1 is 1.13 bits per heavy atom. The van der Waals surface area contributed by atoms with Gasteiger partial charge in [0, 0.05) is 17.5 Å². The molecule has 2 aliphatic carbocycles. The van der Waals surface area contributed by atoms with Crippen LogP contribution in [-0.4, -0.2) is 31.1 Å². The molecule has 8 heteroatoms. The maximum atomic E-state index is 14.9. The molecule has 4 rings (SSSR count). The first-order chi connectivity index (χ1) is 14.8. The highest BCUT2D eigenvalue weighted by atomic mass is 35.5. The normalized spacial score (nSPS) is 26.3. The first-order valence-electron chi connectivity index (χ1n) is 11.1. The van der Waals surface area contributed by atoms with Crippen molar-refractivity contribution in [3.05, 3.63) is 33.6 Å². The van der Waals surface area contributed by atoms with Crippen molar-refractivity contribution in [2.24, 2.45) is 17.3 Å². The monoisotopic (exact) mass is 470 g/mol. The Hall–Kier alpha value is -1.37. The zero-order chi connectivity index (χ0) is 22.2. The maximum absolute atomic E-state index is 14.9. The van der Waals surface area contributed by atoms with Gasteiger partial charge in [-0.05, 0) is 49.7 Å². The average Bonchev–Trinajstić information content (AvgIpc) is 3.32. The quantitative estimate of drug-likeness (QED) is 0.586. The van der Waals surface area contributed by atoms with Crippen LogP contribution < -0.4 is 10.6 Å². The first kappa shape index (κ1) is 22.8. The van der Waals surface area contributed by atoms with E-state index in [9.17, 15) is 14.0 Å². The number of halogens is 3. The zero-order valence-corrected chi connectivity index (χ0v) is 19.2. The minimum absolute atomic E-state index is 0.00133. The number of carbonyl (C=O) groups excluding carboxylic acids is 2. The number of carbonyl (C=O) groups is 2. The third-order valence-corrected chi connectivity index (χ3v) is 8.07. The summed E-state index contributed by atoms with van der Waals surface area (Å²) >= 11 is 12.6. The van der Waals surface area contributed by atoms with Crippen LogP contribution in [0.4, 0.5) is 4.39 Å². The molecule has 1 saturated heterocycles. The van der Waals surface area contributed by atoms with Gasteiger partial charge < -0.3 is 15.4 Å². The zero-order valence-electron chi connectivity index (χ0n) is 17.7. The van der Waals surface area contributed by atoms with E-state index >= 15 is 0 Å². The van der Waals surface area contributed by atoms with Crippen molar-refractivity contribution in [3.63, 3.8) is 0 Å². The predicted octanol–water partition coefficient (Wildman–Crippen LogP) is 4.80. The summed E-state index contributed by atoms with van der Waals surface area (Å²) in [6.07, 6.45) is 5.86. The van der Waals surface area contributed by atoms with Gasteiger partial charge in [0.05, 0.1) is 35.2 Å². The molecular formula is C23H29Cl2FN2O3. The second kappa shape index (κ2) is 9.24. The van der Waals surface area contributed by atoms with Gasteiger partial charge in [0.2, 0.25) is 11.8 Å². The molecule has 31 heavy (non-hydrogen) atoms. The lowest BCUT2D eigenvalue weighted by atomic mass is 9.76. The lowest BCUT2D eigenvalue weighted by molar-refractivity contribution is -0.139. The third kappa shape index (κ3) is 4.71. The summed E-state index contributed by atoms with van der Waals surface area (Å²) in [6.45, 7) is 3.02. The Labute approximate surface area is 192 Å². The van der Waals surface area contributed by atoms with E-state index in [0.29, 0.717) is 26.1 Å². The van der Waals surface area contributed by atoms with Gasteiger partial charge in [-0.25, -0.2) is 4.39 Å².